The van der Waals surface area contributed by atoms with Gasteiger partial charge in [-0.25, -0.2) is 9.59 Å². The van der Waals surface area contributed by atoms with E-state index < -0.39 is 28.9 Å². The number of amides is 2. The molecule has 2 amide bonds. The van der Waals surface area contributed by atoms with E-state index in [1.165, 1.54) is 0 Å². The minimum Gasteiger partial charge on any atom is -0.444 e. The molecule has 0 saturated heterocycles. The Morgan fingerprint density at radius 3 is 1.49 bits per heavy atom. The molecule has 0 heterocycles. The average molecular weight is 502 g/mol. The molecule has 7 heteroatoms. The molecule has 3 aromatic rings. The summed E-state index contributed by atoms with van der Waals surface area (Å²) >= 11 is 0. The first-order chi connectivity index (χ1) is 17.4. The maximum absolute atomic E-state index is 12.9. The van der Waals surface area contributed by atoms with Crippen LogP contribution in [0.2, 0.25) is 0 Å². The van der Waals surface area contributed by atoms with Crippen molar-refractivity contribution in [1.82, 2.24) is 5.32 Å². The van der Waals surface area contributed by atoms with E-state index in [0.29, 0.717) is 0 Å². The Balaban J connectivity index is 2.29. The lowest BCUT2D eigenvalue weighted by Crippen LogP contribution is -2.43. The molecule has 3 N–H and O–H groups in total. The van der Waals surface area contributed by atoms with E-state index in [2.05, 4.69) is 5.32 Å². The molecule has 3 rings (SSSR count). The Labute approximate surface area is 218 Å². The van der Waals surface area contributed by atoms with Crippen LogP contribution in [0.25, 0.3) is 0 Å². The van der Waals surface area contributed by atoms with Gasteiger partial charge < -0.3 is 15.2 Å². The van der Waals surface area contributed by atoms with Gasteiger partial charge in [-0.1, -0.05) is 91.0 Å². The monoisotopic (exact) mass is 501 g/mol. The number of ether oxygens (including phenoxy) is 2. The minimum atomic E-state index is -1.06. The Morgan fingerprint density at radius 2 is 1.14 bits per heavy atom. The number of alkyl carbamates (subject to hydrolysis) is 1. The maximum Gasteiger partial charge on any atom is 0.413 e. The van der Waals surface area contributed by atoms with Crippen LogP contribution in [0.15, 0.2) is 96.0 Å². The number of amidine groups is 1. The second kappa shape index (κ2) is 11.3. The van der Waals surface area contributed by atoms with Gasteiger partial charge in [-0.15, -0.1) is 0 Å². The van der Waals surface area contributed by atoms with Crippen LogP contribution < -0.4 is 11.1 Å². The van der Waals surface area contributed by atoms with E-state index in [-0.39, 0.29) is 12.3 Å². The molecule has 0 aromatic heterocycles. The van der Waals surface area contributed by atoms with Gasteiger partial charge in [-0.3, -0.25) is 10.3 Å². The third-order valence-electron chi connectivity index (χ3n) is 5.49. The highest BCUT2D eigenvalue weighted by Gasteiger charge is 2.38. The first-order valence-electron chi connectivity index (χ1n) is 12.1. The van der Waals surface area contributed by atoms with Crippen molar-refractivity contribution in [3.8, 4) is 0 Å². The highest BCUT2D eigenvalue weighted by molar-refractivity contribution is 5.96. The topological polar surface area (TPSA) is 103 Å². The van der Waals surface area contributed by atoms with Crippen molar-refractivity contribution in [2.75, 3.05) is 0 Å². The van der Waals surface area contributed by atoms with Crippen LogP contribution >= 0.6 is 0 Å². The average Bonchev–Trinajstić information content (AvgIpc) is 2.82. The van der Waals surface area contributed by atoms with E-state index in [1.54, 1.807) is 34.6 Å². The summed E-state index contributed by atoms with van der Waals surface area (Å²) in [7, 11) is 0. The number of hydrogen-bond donors (Lipinski definition) is 2. The lowest BCUT2D eigenvalue weighted by Gasteiger charge is -2.34. The first-order valence-corrected chi connectivity index (χ1v) is 12.1. The van der Waals surface area contributed by atoms with Crippen molar-refractivity contribution in [2.45, 2.75) is 57.8 Å². The molecule has 7 nitrogen and oxygen atoms in total. The fraction of sp³-hybridized carbons (Fsp3) is 0.300. The Kier molecular flexibility index (Phi) is 8.38. The summed E-state index contributed by atoms with van der Waals surface area (Å²) in [5.41, 5.74) is 5.20. The number of primary amides is 1. The highest BCUT2D eigenvalue weighted by Crippen LogP contribution is 2.41. The van der Waals surface area contributed by atoms with Gasteiger partial charge in [0.05, 0.1) is 0 Å². The Hall–Kier alpha value is -4.13. The fourth-order valence-electron chi connectivity index (χ4n) is 4.18. The highest BCUT2D eigenvalue weighted by atomic mass is 16.6. The zero-order chi connectivity index (χ0) is 27.1. The van der Waals surface area contributed by atoms with E-state index in [4.69, 9.17) is 20.2 Å². The molecule has 0 spiro atoms. The van der Waals surface area contributed by atoms with E-state index >= 15 is 0 Å². The zero-order valence-electron chi connectivity index (χ0n) is 22.0. The fourth-order valence-corrected chi connectivity index (χ4v) is 4.18. The van der Waals surface area contributed by atoms with Gasteiger partial charge in [0.2, 0.25) is 0 Å². The van der Waals surface area contributed by atoms with Gasteiger partial charge >= 0.3 is 12.2 Å². The van der Waals surface area contributed by atoms with E-state index in [0.717, 1.165) is 16.7 Å². The molecular formula is C30H35N3O4. The number of aliphatic imine (C=N–C) groups is 1. The third kappa shape index (κ3) is 7.43. The maximum atomic E-state index is 12.9. The summed E-state index contributed by atoms with van der Waals surface area (Å²) in [4.78, 5) is 29.8. The molecule has 0 aliphatic rings. The van der Waals surface area contributed by atoms with Crippen molar-refractivity contribution < 1.29 is 19.1 Å². The molecule has 0 aliphatic carbocycles. The number of nitrogens with one attached hydrogen (secondary N) is 1. The second-order valence-corrected chi connectivity index (χ2v) is 10.4. The summed E-state index contributed by atoms with van der Waals surface area (Å²) in [5.74, 6) is 0.275. The van der Waals surface area contributed by atoms with Crippen molar-refractivity contribution >= 4 is 18.0 Å². The molecule has 0 fully saturated rings. The summed E-state index contributed by atoms with van der Waals surface area (Å²) in [6, 6.07) is 29.5. The van der Waals surface area contributed by atoms with Crippen molar-refractivity contribution in [1.29, 1.82) is 0 Å². The lowest BCUT2D eigenvalue weighted by molar-refractivity contribution is 0.0487. The van der Waals surface area contributed by atoms with Crippen LogP contribution in [0.3, 0.4) is 0 Å². The molecule has 0 bridgehead atoms. The van der Waals surface area contributed by atoms with Crippen molar-refractivity contribution in [3.05, 3.63) is 108 Å². The molecule has 0 saturated carbocycles. The standard InChI is InChI=1S/C30H35N3O4/c1-28(2,3)37-27(35)32-25(21-29(4,5)36-26(31)34)33-30(22-15-9-6-10-16-22,23-17-11-7-12-18-23)24-19-13-8-14-20-24/h6-20H,21H2,1-5H3,(H2,31,34)(H,32,33,35). The quantitative estimate of drug-likeness (QED) is 0.230. The molecule has 0 aliphatic heterocycles. The number of benzene rings is 3. The van der Waals surface area contributed by atoms with Gasteiger partial charge in [0, 0.05) is 6.42 Å². The lowest BCUT2D eigenvalue weighted by atomic mass is 9.77. The number of nitrogens with two attached hydrogens (primary N) is 1. The van der Waals surface area contributed by atoms with Crippen LogP contribution in [-0.4, -0.2) is 29.2 Å². The van der Waals surface area contributed by atoms with Gasteiger partial charge in [0.1, 0.15) is 22.6 Å². The summed E-state index contributed by atoms with van der Waals surface area (Å²) in [6.07, 6.45) is -1.50. The van der Waals surface area contributed by atoms with Gasteiger partial charge in [0.25, 0.3) is 0 Å². The second-order valence-electron chi connectivity index (χ2n) is 10.4. The number of nitrogens with zero attached hydrogens (tertiary/aromatic N) is 1. The predicted molar refractivity (Wildman–Crippen MR) is 145 cm³/mol. The van der Waals surface area contributed by atoms with Crippen LogP contribution in [0.4, 0.5) is 9.59 Å². The van der Waals surface area contributed by atoms with Crippen LogP contribution in [-0.2, 0) is 15.0 Å². The zero-order valence-corrected chi connectivity index (χ0v) is 22.0. The number of carbonyl (C=O) groups excluding carboxylic acids is 2. The van der Waals surface area contributed by atoms with Gasteiger partial charge in [0.15, 0.2) is 0 Å². The Bertz CT molecular complexity index is 1120. The molecule has 37 heavy (non-hydrogen) atoms. The molecule has 0 radical (unpaired) electrons. The number of hydrogen-bond acceptors (Lipinski definition) is 5. The molecule has 0 atom stereocenters. The molecular weight excluding hydrogens is 466 g/mol. The van der Waals surface area contributed by atoms with E-state index in [1.807, 2.05) is 91.0 Å². The van der Waals surface area contributed by atoms with Crippen LogP contribution in [0.5, 0.6) is 0 Å². The summed E-state index contributed by atoms with van der Waals surface area (Å²) in [6.45, 7) is 8.77. The smallest absolute Gasteiger partial charge is 0.413 e. The third-order valence-corrected chi connectivity index (χ3v) is 5.49. The predicted octanol–water partition coefficient (Wildman–Crippen LogP) is 6.17. The summed E-state index contributed by atoms with van der Waals surface area (Å²) < 4.78 is 10.9. The Morgan fingerprint density at radius 1 is 0.730 bits per heavy atom. The summed E-state index contributed by atoms with van der Waals surface area (Å²) in [5, 5.41) is 2.82. The van der Waals surface area contributed by atoms with Gasteiger partial charge in [-0.05, 0) is 51.3 Å². The van der Waals surface area contributed by atoms with Crippen molar-refractivity contribution in [3.63, 3.8) is 0 Å². The minimum absolute atomic E-state index is 0.0729. The molecule has 3 aromatic carbocycles. The van der Waals surface area contributed by atoms with Gasteiger partial charge in [-0.2, -0.15) is 0 Å². The first kappa shape index (κ1) is 27.5. The SMILES string of the molecule is CC(C)(C)OC(=O)NC(CC(C)(C)OC(N)=O)=NC(c1ccccc1)(c1ccccc1)c1ccccc1. The van der Waals surface area contributed by atoms with Crippen molar-refractivity contribution in [2.24, 2.45) is 10.7 Å². The molecule has 0 unspecified atom stereocenters. The number of carbonyl (C=O) groups is 2. The van der Waals surface area contributed by atoms with E-state index in [9.17, 15) is 9.59 Å². The molecule has 194 valence electrons. The van der Waals surface area contributed by atoms with Crippen LogP contribution in [0.1, 0.15) is 57.7 Å². The van der Waals surface area contributed by atoms with Crippen LogP contribution in [0, 0.1) is 0 Å². The largest absolute Gasteiger partial charge is 0.444 e. The number of rotatable bonds is 7. The normalized spacial score (nSPS) is 12.5.